The van der Waals surface area contributed by atoms with Crippen LogP contribution in [0, 0.1) is 0 Å². The Morgan fingerprint density at radius 2 is 1.59 bits per heavy atom. The van der Waals surface area contributed by atoms with Gasteiger partial charge in [-0.2, -0.15) is 13.2 Å². The molecule has 0 saturated carbocycles. The lowest BCUT2D eigenvalue weighted by atomic mass is 10.1. The normalized spacial score (nSPS) is 11.2. The highest BCUT2D eigenvalue weighted by molar-refractivity contribution is 7.13. The number of halogens is 3. The van der Waals surface area contributed by atoms with Crippen LogP contribution in [0.3, 0.4) is 0 Å². The summed E-state index contributed by atoms with van der Waals surface area (Å²) in [6.07, 6.45) is -4.36. The van der Waals surface area contributed by atoms with Gasteiger partial charge in [0.2, 0.25) is 0 Å². The molecule has 0 bridgehead atoms. The average molecular weight is 484 g/mol. The van der Waals surface area contributed by atoms with E-state index in [1.54, 1.807) is 48.9 Å². The standard InChI is InChI=1S/C25H19F3N2O3S/c1-32-20-12-8-19(9-13-20)29-23(31)22-15-34-24(30-22)17-4-10-21(11-5-17)33-14-16-2-6-18(7-3-16)25(26,27)28/h2-13,15H,14H2,1H3,(H,29,31). The van der Waals surface area contributed by atoms with E-state index in [-0.39, 0.29) is 12.5 Å². The molecule has 5 nitrogen and oxygen atoms in total. The predicted octanol–water partition coefficient (Wildman–Crippen LogP) is 6.67. The van der Waals surface area contributed by atoms with Crippen molar-refractivity contribution in [1.82, 2.24) is 4.98 Å². The van der Waals surface area contributed by atoms with E-state index >= 15 is 0 Å². The fourth-order valence-electron chi connectivity index (χ4n) is 3.03. The number of hydrogen-bond donors (Lipinski definition) is 1. The summed E-state index contributed by atoms with van der Waals surface area (Å²) in [5.41, 5.74) is 1.69. The number of thiazole rings is 1. The number of ether oxygens (including phenoxy) is 2. The molecule has 0 unspecified atom stereocenters. The van der Waals surface area contributed by atoms with Gasteiger partial charge in [-0.05, 0) is 66.2 Å². The van der Waals surface area contributed by atoms with E-state index in [1.807, 2.05) is 12.1 Å². The van der Waals surface area contributed by atoms with E-state index in [1.165, 1.54) is 23.5 Å². The van der Waals surface area contributed by atoms with Crippen LogP contribution in [-0.2, 0) is 12.8 Å². The van der Waals surface area contributed by atoms with Crippen LogP contribution < -0.4 is 14.8 Å². The Bertz CT molecular complexity index is 1250. The lowest BCUT2D eigenvalue weighted by Gasteiger charge is -2.09. The van der Waals surface area contributed by atoms with Crippen molar-refractivity contribution in [3.63, 3.8) is 0 Å². The van der Waals surface area contributed by atoms with Gasteiger partial charge in [-0.25, -0.2) is 4.98 Å². The molecular formula is C25H19F3N2O3S. The molecule has 0 saturated heterocycles. The molecule has 34 heavy (non-hydrogen) atoms. The van der Waals surface area contributed by atoms with Crippen molar-refractivity contribution >= 4 is 22.9 Å². The lowest BCUT2D eigenvalue weighted by Crippen LogP contribution is -2.12. The Morgan fingerprint density at radius 1 is 0.941 bits per heavy atom. The summed E-state index contributed by atoms with van der Waals surface area (Å²) < 4.78 is 48.7. The Morgan fingerprint density at radius 3 is 2.21 bits per heavy atom. The Hall–Kier alpha value is -3.85. The summed E-state index contributed by atoms with van der Waals surface area (Å²) in [7, 11) is 1.57. The van der Waals surface area contributed by atoms with E-state index in [4.69, 9.17) is 9.47 Å². The van der Waals surface area contributed by atoms with Gasteiger partial charge in [-0.15, -0.1) is 11.3 Å². The molecule has 174 valence electrons. The molecule has 4 aromatic rings. The zero-order valence-electron chi connectivity index (χ0n) is 17.9. The summed E-state index contributed by atoms with van der Waals surface area (Å²) in [4.78, 5) is 16.9. The first kappa shape index (κ1) is 23.3. The molecule has 1 amide bonds. The zero-order chi connectivity index (χ0) is 24.1. The van der Waals surface area contributed by atoms with Gasteiger partial charge in [0.15, 0.2) is 0 Å². The highest BCUT2D eigenvalue weighted by atomic mass is 32.1. The molecule has 0 radical (unpaired) electrons. The number of nitrogens with one attached hydrogen (secondary N) is 1. The summed E-state index contributed by atoms with van der Waals surface area (Å²) >= 11 is 1.34. The van der Waals surface area contributed by atoms with Crippen LogP contribution in [0.1, 0.15) is 21.6 Å². The number of nitrogens with zero attached hydrogens (tertiary/aromatic N) is 1. The largest absolute Gasteiger partial charge is 0.497 e. The fourth-order valence-corrected chi connectivity index (χ4v) is 3.84. The van der Waals surface area contributed by atoms with Gasteiger partial charge in [0.25, 0.3) is 5.91 Å². The topological polar surface area (TPSA) is 60.5 Å². The van der Waals surface area contributed by atoms with Gasteiger partial charge < -0.3 is 14.8 Å². The Balaban J connectivity index is 1.35. The minimum absolute atomic E-state index is 0.143. The quantitative estimate of drug-likeness (QED) is 0.318. The van der Waals surface area contributed by atoms with E-state index < -0.39 is 11.7 Å². The SMILES string of the molecule is COc1ccc(NC(=O)c2csc(-c3ccc(OCc4ccc(C(F)(F)F)cc4)cc3)n2)cc1. The fraction of sp³-hybridized carbons (Fsp3) is 0.120. The minimum Gasteiger partial charge on any atom is -0.497 e. The van der Waals surface area contributed by atoms with Crippen molar-refractivity contribution in [3.8, 4) is 22.1 Å². The zero-order valence-corrected chi connectivity index (χ0v) is 18.7. The molecule has 1 aromatic heterocycles. The Kier molecular flexibility index (Phi) is 6.83. The van der Waals surface area contributed by atoms with E-state index in [0.29, 0.717) is 33.5 Å². The van der Waals surface area contributed by atoms with E-state index in [0.717, 1.165) is 17.7 Å². The number of rotatable bonds is 7. The monoisotopic (exact) mass is 484 g/mol. The predicted molar refractivity (Wildman–Crippen MR) is 124 cm³/mol. The van der Waals surface area contributed by atoms with Gasteiger partial charge in [-0.3, -0.25) is 4.79 Å². The third-order valence-corrected chi connectivity index (χ3v) is 5.76. The van der Waals surface area contributed by atoms with Crippen molar-refractivity contribution in [2.24, 2.45) is 0 Å². The first-order valence-corrected chi connectivity index (χ1v) is 11.0. The summed E-state index contributed by atoms with van der Waals surface area (Å²) in [6.45, 7) is 0.143. The molecule has 0 aliphatic heterocycles. The number of carbonyl (C=O) groups excluding carboxylic acids is 1. The summed E-state index contributed by atoms with van der Waals surface area (Å²) in [6, 6.07) is 19.0. The average Bonchev–Trinajstić information content (AvgIpc) is 3.34. The third-order valence-electron chi connectivity index (χ3n) is 4.87. The highest BCUT2D eigenvalue weighted by Crippen LogP contribution is 2.30. The van der Waals surface area contributed by atoms with Gasteiger partial charge in [0.1, 0.15) is 28.8 Å². The van der Waals surface area contributed by atoms with Crippen molar-refractivity contribution < 1.29 is 27.4 Å². The maximum Gasteiger partial charge on any atom is 0.416 e. The Labute approximate surface area is 197 Å². The molecule has 0 spiro atoms. The lowest BCUT2D eigenvalue weighted by molar-refractivity contribution is -0.137. The summed E-state index contributed by atoms with van der Waals surface area (Å²) in [5.74, 6) is 0.947. The number of hydrogen-bond acceptors (Lipinski definition) is 5. The number of aromatic nitrogens is 1. The van der Waals surface area contributed by atoms with Crippen molar-refractivity contribution in [2.45, 2.75) is 12.8 Å². The first-order valence-electron chi connectivity index (χ1n) is 10.1. The first-order chi connectivity index (χ1) is 16.3. The molecule has 0 atom stereocenters. The van der Waals surface area contributed by atoms with Gasteiger partial charge in [-0.1, -0.05) is 12.1 Å². The van der Waals surface area contributed by atoms with Crippen LogP contribution >= 0.6 is 11.3 Å². The van der Waals surface area contributed by atoms with E-state index in [9.17, 15) is 18.0 Å². The maximum absolute atomic E-state index is 12.7. The van der Waals surface area contributed by atoms with Crippen LogP contribution in [-0.4, -0.2) is 18.0 Å². The van der Waals surface area contributed by atoms with Gasteiger partial charge in [0.05, 0.1) is 12.7 Å². The van der Waals surface area contributed by atoms with E-state index in [2.05, 4.69) is 10.3 Å². The van der Waals surface area contributed by atoms with Gasteiger partial charge in [0, 0.05) is 16.6 Å². The smallest absolute Gasteiger partial charge is 0.416 e. The number of benzene rings is 3. The number of amides is 1. The van der Waals surface area contributed by atoms with Gasteiger partial charge >= 0.3 is 6.18 Å². The molecule has 4 rings (SSSR count). The number of methoxy groups -OCH3 is 1. The van der Waals surface area contributed by atoms with Crippen molar-refractivity contribution in [2.75, 3.05) is 12.4 Å². The minimum atomic E-state index is -4.36. The highest BCUT2D eigenvalue weighted by Gasteiger charge is 2.29. The van der Waals surface area contributed by atoms with Crippen LogP contribution in [0.2, 0.25) is 0 Å². The van der Waals surface area contributed by atoms with Crippen molar-refractivity contribution in [3.05, 3.63) is 95.0 Å². The summed E-state index contributed by atoms with van der Waals surface area (Å²) in [5, 5.41) is 5.15. The maximum atomic E-state index is 12.7. The molecule has 9 heteroatoms. The third kappa shape index (κ3) is 5.74. The second-order valence-corrected chi connectivity index (χ2v) is 8.09. The van der Waals surface area contributed by atoms with Crippen molar-refractivity contribution in [1.29, 1.82) is 0 Å². The molecular weight excluding hydrogens is 465 g/mol. The molecule has 0 fully saturated rings. The molecule has 1 N–H and O–H groups in total. The van der Waals surface area contributed by atoms with Crippen LogP contribution in [0.4, 0.5) is 18.9 Å². The van der Waals surface area contributed by atoms with Crippen LogP contribution in [0.5, 0.6) is 11.5 Å². The number of carbonyl (C=O) groups is 1. The molecule has 3 aromatic carbocycles. The number of anilines is 1. The second kappa shape index (κ2) is 9.96. The molecule has 0 aliphatic rings. The second-order valence-electron chi connectivity index (χ2n) is 7.23. The molecule has 0 aliphatic carbocycles. The van der Waals surface area contributed by atoms with Crippen LogP contribution in [0.15, 0.2) is 78.2 Å². The van der Waals surface area contributed by atoms with Crippen LogP contribution in [0.25, 0.3) is 10.6 Å². The molecule has 1 heterocycles. The number of alkyl halides is 3.